The van der Waals surface area contributed by atoms with Crippen molar-refractivity contribution >= 4 is 11.9 Å². The van der Waals surface area contributed by atoms with Gasteiger partial charge < -0.3 is 10.8 Å². The number of allylic oxidation sites excluding steroid dienone is 2. The Balaban J connectivity index is 2.30. The fraction of sp³-hybridized carbons (Fsp3) is 0.444. The number of carboxylic acid groups (broad SMARTS) is 1. The van der Waals surface area contributed by atoms with Crippen LogP contribution in [0, 0.1) is 11.7 Å². The fourth-order valence-electron chi connectivity index (χ4n) is 2.38. The minimum Gasteiger partial charge on any atom is -0.481 e. The molecule has 1 aromatic rings. The van der Waals surface area contributed by atoms with Crippen molar-refractivity contribution in [1.82, 2.24) is 0 Å². The molecule has 0 bridgehead atoms. The number of unbranched alkanes of at least 4 members (excludes halogenated alkanes) is 2. The Kier molecular flexibility index (Phi) is 8.02. The van der Waals surface area contributed by atoms with Crippen LogP contribution in [-0.4, -0.2) is 17.0 Å². The van der Waals surface area contributed by atoms with Crippen LogP contribution in [0.1, 0.15) is 54.9 Å². The maximum absolute atomic E-state index is 13.6. The van der Waals surface area contributed by atoms with Gasteiger partial charge in [-0.15, -0.1) is 0 Å². The van der Waals surface area contributed by atoms with Gasteiger partial charge in [-0.05, 0) is 49.8 Å². The molecule has 1 amide bonds. The van der Waals surface area contributed by atoms with Crippen LogP contribution in [0.5, 0.6) is 0 Å². The number of hydrogen-bond acceptors (Lipinski definition) is 2. The highest BCUT2D eigenvalue weighted by atomic mass is 19.1. The van der Waals surface area contributed by atoms with Crippen LogP contribution in [-0.2, 0) is 11.2 Å². The predicted molar refractivity (Wildman–Crippen MR) is 87.6 cm³/mol. The van der Waals surface area contributed by atoms with Gasteiger partial charge in [-0.2, -0.15) is 0 Å². The predicted octanol–water partition coefficient (Wildman–Crippen LogP) is 3.69. The van der Waals surface area contributed by atoms with E-state index in [0.29, 0.717) is 19.3 Å². The summed E-state index contributed by atoms with van der Waals surface area (Å²) in [6.07, 6.45) is 8.62. The van der Waals surface area contributed by atoms with Gasteiger partial charge in [-0.3, -0.25) is 9.59 Å². The van der Waals surface area contributed by atoms with E-state index in [0.717, 1.165) is 24.8 Å². The lowest BCUT2D eigenvalue weighted by atomic mass is 9.99. The number of amides is 1. The van der Waals surface area contributed by atoms with Crippen LogP contribution >= 0.6 is 0 Å². The summed E-state index contributed by atoms with van der Waals surface area (Å²) in [6.45, 7) is 1.89. The van der Waals surface area contributed by atoms with E-state index in [-0.39, 0.29) is 11.5 Å². The number of carboxylic acids is 1. The van der Waals surface area contributed by atoms with Crippen molar-refractivity contribution < 1.29 is 19.1 Å². The number of carbonyl (C=O) groups excluding carboxylic acids is 1. The molecule has 0 aromatic heterocycles. The van der Waals surface area contributed by atoms with E-state index in [1.54, 1.807) is 6.07 Å². The maximum Gasteiger partial charge on any atom is 0.306 e. The average molecular weight is 321 g/mol. The molecule has 126 valence electrons. The summed E-state index contributed by atoms with van der Waals surface area (Å²) >= 11 is 0. The number of benzene rings is 1. The van der Waals surface area contributed by atoms with Crippen LogP contribution in [0.3, 0.4) is 0 Å². The normalized spacial score (nSPS) is 12.4. The largest absolute Gasteiger partial charge is 0.481 e. The van der Waals surface area contributed by atoms with Gasteiger partial charge in [0.05, 0.1) is 11.5 Å². The third kappa shape index (κ3) is 6.63. The van der Waals surface area contributed by atoms with Crippen LogP contribution in [0.25, 0.3) is 0 Å². The van der Waals surface area contributed by atoms with Gasteiger partial charge in [0, 0.05) is 0 Å². The van der Waals surface area contributed by atoms with Gasteiger partial charge in [-0.25, -0.2) is 4.39 Å². The summed E-state index contributed by atoms with van der Waals surface area (Å²) in [5.41, 5.74) is 5.74. The minimum absolute atomic E-state index is 0.0957. The Morgan fingerprint density at radius 3 is 2.61 bits per heavy atom. The molecule has 1 unspecified atom stereocenters. The lowest BCUT2D eigenvalue weighted by Gasteiger charge is -2.07. The molecule has 0 heterocycles. The molecule has 0 saturated heterocycles. The lowest BCUT2D eigenvalue weighted by Crippen LogP contribution is -2.13. The van der Waals surface area contributed by atoms with E-state index in [2.05, 4.69) is 0 Å². The first kappa shape index (κ1) is 18.9. The first-order valence-electron chi connectivity index (χ1n) is 7.91. The highest BCUT2D eigenvalue weighted by molar-refractivity contribution is 5.93. The summed E-state index contributed by atoms with van der Waals surface area (Å²) in [6, 6.07) is 4.41. The van der Waals surface area contributed by atoms with Crippen molar-refractivity contribution in [3.63, 3.8) is 0 Å². The molecular formula is C18H24FNO3. The number of rotatable bonds is 10. The van der Waals surface area contributed by atoms with Gasteiger partial charge in [0.25, 0.3) is 5.91 Å². The van der Waals surface area contributed by atoms with Gasteiger partial charge in [-0.1, -0.05) is 31.6 Å². The SMILES string of the molecule is CCC(CCCCC=CCc1ccc(C(N)=O)c(F)c1)C(=O)O. The van der Waals surface area contributed by atoms with Crippen LogP contribution in [0.15, 0.2) is 30.4 Å². The quantitative estimate of drug-likeness (QED) is 0.509. The van der Waals surface area contributed by atoms with Crippen molar-refractivity contribution in [3.8, 4) is 0 Å². The Morgan fingerprint density at radius 2 is 2.04 bits per heavy atom. The summed E-state index contributed by atoms with van der Waals surface area (Å²) in [5, 5.41) is 8.94. The third-order valence-electron chi connectivity index (χ3n) is 3.83. The summed E-state index contributed by atoms with van der Waals surface area (Å²) < 4.78 is 13.6. The van der Waals surface area contributed by atoms with Gasteiger partial charge in [0.15, 0.2) is 0 Å². The number of carbonyl (C=O) groups is 2. The van der Waals surface area contributed by atoms with Crippen LogP contribution in [0.4, 0.5) is 4.39 Å². The van der Waals surface area contributed by atoms with E-state index in [1.165, 1.54) is 12.1 Å². The molecule has 0 radical (unpaired) electrons. The highest BCUT2D eigenvalue weighted by Crippen LogP contribution is 2.14. The first-order chi connectivity index (χ1) is 11.0. The highest BCUT2D eigenvalue weighted by Gasteiger charge is 2.13. The Bertz CT molecular complexity index is 569. The zero-order valence-corrected chi connectivity index (χ0v) is 13.4. The standard InChI is InChI=1S/C18H24FNO3/c1-2-14(18(22)23)9-7-5-3-4-6-8-13-10-11-15(17(20)21)16(19)12-13/h4,6,10-12,14H,2-3,5,7-9H2,1H3,(H2,20,21)(H,22,23). The smallest absolute Gasteiger partial charge is 0.306 e. The minimum atomic E-state index is -0.767. The molecule has 5 heteroatoms. The van der Waals surface area contributed by atoms with E-state index in [4.69, 9.17) is 10.8 Å². The topological polar surface area (TPSA) is 80.4 Å². The van der Waals surface area contributed by atoms with E-state index in [9.17, 15) is 14.0 Å². The van der Waals surface area contributed by atoms with Gasteiger partial charge >= 0.3 is 5.97 Å². The molecule has 0 aliphatic carbocycles. The van der Waals surface area contributed by atoms with Gasteiger partial charge in [0.2, 0.25) is 0 Å². The molecule has 0 aliphatic rings. The molecule has 4 nitrogen and oxygen atoms in total. The van der Waals surface area contributed by atoms with Crippen molar-refractivity contribution in [2.24, 2.45) is 11.7 Å². The van der Waals surface area contributed by atoms with Crippen molar-refractivity contribution in [2.45, 2.75) is 45.4 Å². The van der Waals surface area contributed by atoms with E-state index >= 15 is 0 Å². The molecule has 1 aromatic carbocycles. The maximum atomic E-state index is 13.6. The average Bonchev–Trinajstić information content (AvgIpc) is 2.49. The zero-order valence-electron chi connectivity index (χ0n) is 13.4. The van der Waals surface area contributed by atoms with Crippen LogP contribution in [0.2, 0.25) is 0 Å². The molecule has 0 saturated carbocycles. The second-order valence-electron chi connectivity index (χ2n) is 5.58. The molecule has 0 fully saturated rings. The second kappa shape index (κ2) is 9.77. The Morgan fingerprint density at radius 1 is 1.30 bits per heavy atom. The number of hydrogen-bond donors (Lipinski definition) is 2. The summed E-state index contributed by atoms with van der Waals surface area (Å²) in [4.78, 5) is 21.8. The lowest BCUT2D eigenvalue weighted by molar-refractivity contribution is -0.142. The van der Waals surface area contributed by atoms with E-state index in [1.807, 2.05) is 19.1 Å². The zero-order chi connectivity index (χ0) is 17.2. The summed E-state index contributed by atoms with van der Waals surface area (Å²) in [5.74, 6) is -2.32. The molecule has 0 aliphatic heterocycles. The molecular weight excluding hydrogens is 297 g/mol. The first-order valence-corrected chi connectivity index (χ1v) is 7.91. The monoisotopic (exact) mass is 321 g/mol. The molecule has 1 rings (SSSR count). The Hall–Kier alpha value is -2.17. The molecule has 23 heavy (non-hydrogen) atoms. The van der Waals surface area contributed by atoms with Crippen molar-refractivity contribution in [2.75, 3.05) is 0 Å². The number of aliphatic carboxylic acids is 1. The number of halogens is 1. The number of primary amides is 1. The molecule has 3 N–H and O–H groups in total. The van der Waals surface area contributed by atoms with Crippen molar-refractivity contribution in [1.29, 1.82) is 0 Å². The Labute approximate surface area is 136 Å². The second-order valence-corrected chi connectivity index (χ2v) is 5.58. The van der Waals surface area contributed by atoms with Crippen molar-refractivity contribution in [3.05, 3.63) is 47.3 Å². The van der Waals surface area contributed by atoms with E-state index < -0.39 is 17.7 Å². The van der Waals surface area contributed by atoms with Crippen LogP contribution < -0.4 is 5.73 Å². The molecule has 1 atom stereocenters. The van der Waals surface area contributed by atoms with Gasteiger partial charge in [0.1, 0.15) is 5.82 Å². The molecule has 0 spiro atoms. The summed E-state index contributed by atoms with van der Waals surface area (Å²) in [7, 11) is 0. The fourth-order valence-corrected chi connectivity index (χ4v) is 2.38. The number of nitrogens with two attached hydrogens (primary N) is 1. The third-order valence-corrected chi connectivity index (χ3v) is 3.83.